The summed E-state index contributed by atoms with van der Waals surface area (Å²) < 4.78 is 31.4. The van der Waals surface area contributed by atoms with Gasteiger partial charge in [-0.3, -0.25) is 4.79 Å². The second-order valence-electron chi connectivity index (χ2n) is 5.05. The number of anilines is 1. The summed E-state index contributed by atoms with van der Waals surface area (Å²) in [5.41, 5.74) is 0. The van der Waals surface area contributed by atoms with E-state index in [1.54, 1.807) is 25.1 Å². The van der Waals surface area contributed by atoms with Gasteiger partial charge in [0.1, 0.15) is 6.26 Å². The van der Waals surface area contributed by atoms with E-state index in [0.29, 0.717) is 6.42 Å². The fourth-order valence-corrected chi connectivity index (χ4v) is 3.69. The van der Waals surface area contributed by atoms with E-state index in [-0.39, 0.29) is 23.3 Å². The molecule has 1 heterocycles. The highest BCUT2D eigenvalue weighted by atomic mass is 32.2. The van der Waals surface area contributed by atoms with Crippen LogP contribution in [0.15, 0.2) is 52.1 Å². The van der Waals surface area contributed by atoms with Gasteiger partial charge in [0.2, 0.25) is 15.9 Å². The molecule has 0 aliphatic heterocycles. The number of amides is 1. The van der Waals surface area contributed by atoms with Gasteiger partial charge in [-0.05, 0) is 25.5 Å². The molecule has 0 fully saturated rings. The monoisotopic (exact) mass is 337 g/mol. The quantitative estimate of drug-likeness (QED) is 0.835. The number of aromatic nitrogens is 1. The van der Waals surface area contributed by atoms with Crippen LogP contribution < -0.4 is 5.32 Å². The fourth-order valence-electron chi connectivity index (χ4n) is 2.01. The maximum Gasteiger partial charge on any atom is 0.243 e. The Kier molecular flexibility index (Phi) is 5.51. The smallest absolute Gasteiger partial charge is 0.243 e. The molecule has 1 atom stereocenters. The van der Waals surface area contributed by atoms with Crippen molar-refractivity contribution in [2.75, 3.05) is 11.9 Å². The first-order chi connectivity index (χ1) is 10.9. The van der Waals surface area contributed by atoms with Crippen LogP contribution in [0.25, 0.3) is 0 Å². The highest BCUT2D eigenvalue weighted by Gasteiger charge is 2.30. The van der Waals surface area contributed by atoms with Gasteiger partial charge in [-0.15, -0.1) is 0 Å². The van der Waals surface area contributed by atoms with Crippen molar-refractivity contribution >= 4 is 21.7 Å². The summed E-state index contributed by atoms with van der Waals surface area (Å²) in [7, 11) is -3.76. The zero-order valence-corrected chi connectivity index (χ0v) is 13.8. The van der Waals surface area contributed by atoms with Crippen LogP contribution in [0.1, 0.15) is 20.3 Å². The van der Waals surface area contributed by atoms with Crippen LogP contribution in [0.4, 0.5) is 5.82 Å². The summed E-state index contributed by atoms with van der Waals surface area (Å²) in [6, 6.07) is 9.24. The molecule has 0 radical (unpaired) electrons. The standard InChI is InChI=1S/C15H19N3O4S/c1-3-12(2)18(11-15(19)16-14-9-10-22-17-14)23(20,21)13-7-5-4-6-8-13/h4-10,12H,3,11H2,1-2H3,(H,16,17,19). The van der Waals surface area contributed by atoms with Crippen LogP contribution in [-0.2, 0) is 14.8 Å². The van der Waals surface area contributed by atoms with Gasteiger partial charge in [-0.1, -0.05) is 30.3 Å². The predicted molar refractivity (Wildman–Crippen MR) is 85.2 cm³/mol. The van der Waals surface area contributed by atoms with Crippen LogP contribution in [-0.4, -0.2) is 36.4 Å². The van der Waals surface area contributed by atoms with E-state index in [2.05, 4.69) is 15.0 Å². The molecule has 0 saturated heterocycles. The van der Waals surface area contributed by atoms with E-state index in [1.165, 1.54) is 28.8 Å². The summed E-state index contributed by atoms with van der Waals surface area (Å²) in [5, 5.41) is 6.08. The summed E-state index contributed by atoms with van der Waals surface area (Å²) in [6.07, 6.45) is 1.91. The zero-order valence-electron chi connectivity index (χ0n) is 13.0. The van der Waals surface area contributed by atoms with Gasteiger partial charge in [0.05, 0.1) is 11.4 Å². The third kappa shape index (κ3) is 4.17. The second-order valence-corrected chi connectivity index (χ2v) is 6.94. The Labute approximate surface area is 135 Å². The molecule has 0 aliphatic rings. The highest BCUT2D eigenvalue weighted by molar-refractivity contribution is 7.89. The molecule has 1 aromatic heterocycles. The number of hydrogen-bond acceptors (Lipinski definition) is 5. The summed E-state index contributed by atoms with van der Waals surface area (Å²) in [6.45, 7) is 3.34. The van der Waals surface area contributed by atoms with Crippen LogP contribution in [0.2, 0.25) is 0 Å². The number of benzene rings is 1. The van der Waals surface area contributed by atoms with Crippen molar-refractivity contribution in [3.63, 3.8) is 0 Å². The van der Waals surface area contributed by atoms with Gasteiger partial charge in [-0.25, -0.2) is 8.42 Å². The second kappa shape index (κ2) is 7.38. The first-order valence-electron chi connectivity index (χ1n) is 7.22. The normalized spacial score (nSPS) is 13.0. The van der Waals surface area contributed by atoms with E-state index >= 15 is 0 Å². The number of hydrogen-bond donors (Lipinski definition) is 1. The summed E-state index contributed by atoms with van der Waals surface area (Å²) in [4.78, 5) is 12.3. The molecule has 1 aromatic carbocycles. The molecule has 0 aliphatic carbocycles. The minimum Gasteiger partial charge on any atom is -0.363 e. The van der Waals surface area contributed by atoms with Gasteiger partial charge in [0.25, 0.3) is 0 Å². The Bertz CT molecular complexity index is 729. The van der Waals surface area contributed by atoms with Crippen molar-refractivity contribution in [3.8, 4) is 0 Å². The van der Waals surface area contributed by atoms with E-state index in [1.807, 2.05) is 6.92 Å². The van der Waals surface area contributed by atoms with Crippen LogP contribution >= 0.6 is 0 Å². The average Bonchev–Trinajstić information content (AvgIpc) is 3.05. The Hall–Kier alpha value is -2.19. The number of nitrogens with zero attached hydrogens (tertiary/aromatic N) is 2. The van der Waals surface area contributed by atoms with Crippen molar-refractivity contribution in [2.24, 2.45) is 0 Å². The Morgan fingerprint density at radius 1 is 1.30 bits per heavy atom. The topological polar surface area (TPSA) is 92.5 Å². The van der Waals surface area contributed by atoms with Crippen molar-refractivity contribution in [2.45, 2.75) is 31.2 Å². The Morgan fingerprint density at radius 2 is 2.00 bits per heavy atom. The molecule has 0 saturated carbocycles. The first-order valence-corrected chi connectivity index (χ1v) is 8.66. The average molecular weight is 337 g/mol. The number of rotatable bonds is 7. The summed E-state index contributed by atoms with van der Waals surface area (Å²) in [5.74, 6) is -0.227. The lowest BCUT2D eigenvalue weighted by atomic mass is 10.2. The number of carbonyl (C=O) groups is 1. The molecule has 23 heavy (non-hydrogen) atoms. The molecule has 1 amide bonds. The van der Waals surface area contributed by atoms with Crippen LogP contribution in [0.5, 0.6) is 0 Å². The zero-order chi connectivity index (χ0) is 16.9. The lowest BCUT2D eigenvalue weighted by Crippen LogP contribution is -2.43. The van der Waals surface area contributed by atoms with Crippen molar-refractivity contribution in [3.05, 3.63) is 42.7 Å². The Balaban J connectivity index is 2.22. The first kappa shape index (κ1) is 17.2. The van der Waals surface area contributed by atoms with Crippen molar-refractivity contribution in [1.29, 1.82) is 0 Å². The lowest BCUT2D eigenvalue weighted by Gasteiger charge is -2.27. The van der Waals surface area contributed by atoms with Gasteiger partial charge < -0.3 is 9.84 Å². The Morgan fingerprint density at radius 3 is 2.57 bits per heavy atom. The minimum atomic E-state index is -3.76. The van der Waals surface area contributed by atoms with Gasteiger partial charge in [0, 0.05) is 12.1 Å². The molecule has 1 unspecified atom stereocenters. The molecule has 2 rings (SSSR count). The van der Waals surface area contributed by atoms with Crippen LogP contribution in [0.3, 0.4) is 0 Å². The molecule has 1 N–H and O–H groups in total. The maximum atomic E-state index is 12.8. The molecule has 8 heteroatoms. The predicted octanol–water partition coefficient (Wildman–Crippen LogP) is 2.10. The van der Waals surface area contributed by atoms with E-state index < -0.39 is 15.9 Å². The minimum absolute atomic E-state index is 0.162. The molecular weight excluding hydrogens is 318 g/mol. The molecule has 124 valence electrons. The van der Waals surface area contributed by atoms with E-state index in [4.69, 9.17) is 0 Å². The molecule has 0 spiro atoms. The third-order valence-corrected chi connectivity index (χ3v) is 5.41. The number of nitrogens with one attached hydrogen (secondary N) is 1. The molecule has 2 aromatic rings. The highest BCUT2D eigenvalue weighted by Crippen LogP contribution is 2.19. The maximum absolute atomic E-state index is 12.8. The SMILES string of the molecule is CCC(C)N(CC(=O)Nc1ccon1)S(=O)(=O)c1ccccc1. The fraction of sp³-hybridized carbons (Fsp3) is 0.333. The molecule has 0 bridgehead atoms. The van der Waals surface area contributed by atoms with Gasteiger partial charge in [0.15, 0.2) is 5.82 Å². The van der Waals surface area contributed by atoms with Gasteiger partial charge >= 0.3 is 0 Å². The number of sulfonamides is 1. The van der Waals surface area contributed by atoms with Crippen molar-refractivity contribution < 1.29 is 17.7 Å². The number of carbonyl (C=O) groups excluding carboxylic acids is 1. The largest absolute Gasteiger partial charge is 0.363 e. The summed E-state index contributed by atoms with van der Waals surface area (Å²) >= 11 is 0. The van der Waals surface area contributed by atoms with E-state index in [0.717, 1.165) is 0 Å². The lowest BCUT2D eigenvalue weighted by molar-refractivity contribution is -0.116. The third-order valence-electron chi connectivity index (χ3n) is 3.44. The molecular formula is C15H19N3O4S. The van der Waals surface area contributed by atoms with Crippen LogP contribution in [0, 0.1) is 0 Å². The van der Waals surface area contributed by atoms with E-state index in [9.17, 15) is 13.2 Å². The van der Waals surface area contributed by atoms with Gasteiger partial charge in [-0.2, -0.15) is 4.31 Å². The molecule has 7 nitrogen and oxygen atoms in total. The van der Waals surface area contributed by atoms with Crippen molar-refractivity contribution in [1.82, 2.24) is 9.46 Å².